The molecule has 1 aliphatic heterocycles. The van der Waals surface area contributed by atoms with Gasteiger partial charge in [-0.1, -0.05) is 124 Å². The fourth-order valence-corrected chi connectivity index (χ4v) is 11.6. The molecule has 6 aromatic carbocycles. The van der Waals surface area contributed by atoms with Crippen LogP contribution >= 0.6 is 0 Å². The van der Waals surface area contributed by atoms with E-state index in [2.05, 4.69) is 171 Å². The van der Waals surface area contributed by atoms with Crippen LogP contribution < -0.4 is 10.5 Å². The molecule has 0 amide bonds. The average Bonchev–Trinajstić information content (AvgIpc) is 3.68. The van der Waals surface area contributed by atoms with Crippen molar-refractivity contribution in [1.29, 1.82) is 0 Å². The number of fused-ring (bicyclic) bond motifs is 9. The lowest BCUT2D eigenvalue weighted by molar-refractivity contribution is 0.661. The molecule has 3 nitrogen and oxygen atoms in total. The van der Waals surface area contributed by atoms with E-state index in [0.29, 0.717) is 0 Å². The van der Waals surface area contributed by atoms with Crippen molar-refractivity contribution in [3.8, 4) is 50.6 Å². The van der Waals surface area contributed by atoms with E-state index in [1.807, 2.05) is 0 Å². The first-order chi connectivity index (χ1) is 23.8. The van der Waals surface area contributed by atoms with E-state index >= 15 is 0 Å². The zero-order valence-corrected chi connectivity index (χ0v) is 29.1. The number of rotatable bonds is 3. The van der Waals surface area contributed by atoms with E-state index in [9.17, 15) is 0 Å². The lowest BCUT2D eigenvalue weighted by Crippen LogP contribution is -2.50. The summed E-state index contributed by atoms with van der Waals surface area (Å²) >= 11 is 0. The monoisotopic (exact) mass is 645 g/mol. The minimum absolute atomic E-state index is 0.0661. The minimum Gasteiger partial charge on any atom is -0.309 e. The summed E-state index contributed by atoms with van der Waals surface area (Å²) in [4.78, 5) is 10.7. The van der Waals surface area contributed by atoms with Crippen molar-refractivity contribution in [1.82, 2.24) is 14.5 Å². The number of para-hydroxylation sites is 1. The van der Waals surface area contributed by atoms with Gasteiger partial charge in [0.05, 0.1) is 16.7 Å². The molecule has 0 saturated heterocycles. The normalized spacial score (nSPS) is 14.9. The van der Waals surface area contributed by atoms with Gasteiger partial charge in [0.15, 0.2) is 5.82 Å². The maximum absolute atomic E-state index is 5.39. The predicted octanol–water partition coefficient (Wildman–Crippen LogP) is 10.0. The van der Waals surface area contributed by atoms with E-state index in [-0.39, 0.29) is 5.41 Å². The molecule has 0 bridgehead atoms. The van der Waals surface area contributed by atoms with Crippen LogP contribution in [0.5, 0.6) is 0 Å². The Morgan fingerprint density at radius 1 is 0.551 bits per heavy atom. The molecule has 2 aromatic heterocycles. The van der Waals surface area contributed by atoms with Crippen molar-refractivity contribution < 1.29 is 0 Å². The highest BCUT2D eigenvalue weighted by atomic mass is 28.3. The van der Waals surface area contributed by atoms with Crippen LogP contribution in [0.1, 0.15) is 25.0 Å². The van der Waals surface area contributed by atoms with Gasteiger partial charge in [0.25, 0.3) is 0 Å². The third-order valence-corrected chi connectivity index (χ3v) is 14.5. The summed E-state index contributed by atoms with van der Waals surface area (Å²) in [6.45, 7) is 9.55. The smallest absolute Gasteiger partial charge is 0.159 e. The first kappa shape index (κ1) is 28.4. The fraction of sp³-hybridized carbons (Fsp3) is 0.111. The van der Waals surface area contributed by atoms with Crippen LogP contribution in [0.2, 0.25) is 13.1 Å². The van der Waals surface area contributed by atoms with Crippen molar-refractivity contribution in [2.45, 2.75) is 32.4 Å². The second-order valence-electron chi connectivity index (χ2n) is 14.6. The van der Waals surface area contributed by atoms with Crippen LogP contribution in [0.15, 0.2) is 140 Å². The average molecular weight is 646 g/mol. The first-order valence-corrected chi connectivity index (χ1v) is 20.2. The molecule has 0 N–H and O–H groups in total. The molecule has 0 radical (unpaired) electrons. The van der Waals surface area contributed by atoms with Gasteiger partial charge in [-0.3, -0.25) is 0 Å². The Balaban J connectivity index is 1.15. The van der Waals surface area contributed by atoms with Gasteiger partial charge in [-0.05, 0) is 75.5 Å². The van der Waals surface area contributed by atoms with Gasteiger partial charge in [-0.25, -0.2) is 9.97 Å². The molecule has 49 heavy (non-hydrogen) atoms. The zero-order valence-electron chi connectivity index (χ0n) is 28.1. The SMILES string of the molecule is CC1(C)c2ccccc2-c2cc3c4ccccc4n(-c4ccc(-c5nc(-c6ccccc6)c6c(n5)[Si](C)(C)c5ccccc5-6)cc4)c3cc21. The maximum atomic E-state index is 5.39. The summed E-state index contributed by atoms with van der Waals surface area (Å²) in [5.74, 6) is 0.789. The molecule has 0 spiro atoms. The van der Waals surface area contributed by atoms with E-state index in [1.165, 1.54) is 65.7 Å². The Morgan fingerprint density at radius 2 is 1.24 bits per heavy atom. The third kappa shape index (κ3) is 3.89. The largest absolute Gasteiger partial charge is 0.309 e. The topological polar surface area (TPSA) is 30.7 Å². The minimum atomic E-state index is -2.02. The van der Waals surface area contributed by atoms with Crippen LogP contribution in [0.3, 0.4) is 0 Å². The van der Waals surface area contributed by atoms with Gasteiger partial charge in [-0.15, -0.1) is 0 Å². The van der Waals surface area contributed by atoms with Crippen molar-refractivity contribution in [3.63, 3.8) is 0 Å². The Kier molecular flexibility index (Phi) is 5.79. The Labute approximate surface area is 287 Å². The van der Waals surface area contributed by atoms with Crippen LogP contribution in [-0.2, 0) is 5.41 Å². The van der Waals surface area contributed by atoms with Crippen molar-refractivity contribution in [3.05, 3.63) is 151 Å². The molecule has 1 aliphatic carbocycles. The maximum Gasteiger partial charge on any atom is 0.159 e. The summed E-state index contributed by atoms with van der Waals surface area (Å²) in [5, 5.41) is 5.22. The predicted molar refractivity (Wildman–Crippen MR) is 207 cm³/mol. The van der Waals surface area contributed by atoms with E-state index < -0.39 is 8.07 Å². The lowest BCUT2D eigenvalue weighted by Gasteiger charge is -2.21. The molecule has 0 unspecified atom stereocenters. The van der Waals surface area contributed by atoms with Gasteiger partial charge < -0.3 is 4.57 Å². The van der Waals surface area contributed by atoms with Gasteiger partial charge in [-0.2, -0.15) is 0 Å². The standard InChI is InChI=1S/C45H35N3Si/c1-45(2)36-19-11-8-16-31(36)34-26-35-32-17-9-12-20-38(32)48(39(35)27-37(34)45)30-24-22-29(23-25-30)43-46-42(28-14-6-5-7-15-28)41-33-18-10-13-21-40(33)49(3,4)44(41)47-43/h5-27H,1-4H3. The molecule has 3 heterocycles. The Hall–Kier alpha value is -5.58. The summed E-state index contributed by atoms with van der Waals surface area (Å²) in [6, 6.07) is 50.9. The molecule has 2 aliphatic rings. The van der Waals surface area contributed by atoms with Crippen molar-refractivity contribution in [2.75, 3.05) is 0 Å². The van der Waals surface area contributed by atoms with Gasteiger partial charge in [0.1, 0.15) is 8.07 Å². The van der Waals surface area contributed by atoms with E-state index in [1.54, 1.807) is 0 Å². The van der Waals surface area contributed by atoms with Gasteiger partial charge >= 0.3 is 0 Å². The lowest BCUT2D eigenvalue weighted by atomic mass is 9.82. The molecule has 4 heteroatoms. The van der Waals surface area contributed by atoms with Crippen LogP contribution in [-0.4, -0.2) is 22.6 Å². The van der Waals surface area contributed by atoms with Gasteiger partial charge in [0, 0.05) is 43.9 Å². The summed E-state index contributed by atoms with van der Waals surface area (Å²) in [5.41, 5.74) is 14.7. The molecule has 0 atom stereocenters. The van der Waals surface area contributed by atoms with E-state index in [0.717, 1.165) is 28.3 Å². The molecule has 234 valence electrons. The van der Waals surface area contributed by atoms with Crippen molar-refractivity contribution in [2.24, 2.45) is 0 Å². The summed E-state index contributed by atoms with van der Waals surface area (Å²) in [6.07, 6.45) is 0. The van der Waals surface area contributed by atoms with Crippen LogP contribution in [0.4, 0.5) is 0 Å². The number of hydrogen-bond donors (Lipinski definition) is 0. The summed E-state index contributed by atoms with van der Waals surface area (Å²) < 4.78 is 2.43. The summed E-state index contributed by atoms with van der Waals surface area (Å²) in [7, 11) is -2.02. The van der Waals surface area contributed by atoms with Crippen LogP contribution in [0.25, 0.3) is 72.4 Å². The molecular weight excluding hydrogens is 611 g/mol. The molecular formula is C45H35N3Si. The number of aromatic nitrogens is 3. The van der Waals surface area contributed by atoms with Gasteiger partial charge in [0.2, 0.25) is 0 Å². The van der Waals surface area contributed by atoms with Crippen LogP contribution in [0, 0.1) is 0 Å². The molecule has 0 saturated carbocycles. The number of nitrogens with zero attached hydrogens (tertiary/aromatic N) is 3. The molecule has 8 aromatic rings. The quantitative estimate of drug-likeness (QED) is 0.179. The first-order valence-electron chi connectivity index (χ1n) is 17.2. The Morgan fingerprint density at radius 3 is 2.06 bits per heavy atom. The third-order valence-electron chi connectivity index (χ3n) is 11.2. The highest BCUT2D eigenvalue weighted by molar-refractivity contribution is 7.03. The number of hydrogen-bond acceptors (Lipinski definition) is 2. The highest BCUT2D eigenvalue weighted by Crippen LogP contribution is 2.51. The van der Waals surface area contributed by atoms with E-state index in [4.69, 9.17) is 9.97 Å². The molecule has 10 rings (SSSR count). The second-order valence-corrected chi connectivity index (χ2v) is 18.9. The molecule has 0 fully saturated rings. The van der Waals surface area contributed by atoms with Crippen molar-refractivity contribution >= 4 is 40.4 Å². The zero-order chi connectivity index (χ0) is 33.1. The highest BCUT2D eigenvalue weighted by Gasteiger charge is 2.41. The fourth-order valence-electron chi connectivity index (χ4n) is 8.68. The second kappa shape index (κ2) is 9.97. The number of benzene rings is 6. The Bertz CT molecular complexity index is 2650.